The first kappa shape index (κ1) is 14.0. The van der Waals surface area contributed by atoms with E-state index < -0.39 is 0 Å². The van der Waals surface area contributed by atoms with Gasteiger partial charge in [-0.2, -0.15) is 0 Å². The van der Waals surface area contributed by atoms with Gasteiger partial charge in [0.05, 0.1) is 0 Å². The first-order valence-electron chi connectivity index (χ1n) is 5.68. The Morgan fingerprint density at radius 1 is 1.12 bits per heavy atom. The highest BCUT2D eigenvalue weighted by atomic mass is 32.2. The number of carbonyl (C=O) groups is 2. The third kappa shape index (κ3) is 5.68. The molecule has 0 fully saturated rings. The van der Waals surface area contributed by atoms with Crippen LogP contribution >= 0.6 is 11.8 Å². The lowest BCUT2D eigenvalue weighted by Crippen LogP contribution is -2.18. The summed E-state index contributed by atoms with van der Waals surface area (Å²) in [5.41, 5.74) is 1.09. The molecule has 0 atom stereocenters. The molecule has 0 aliphatic heterocycles. The molecule has 2 nitrogen and oxygen atoms in total. The molecule has 0 aliphatic carbocycles. The predicted octanol–water partition coefficient (Wildman–Crippen LogP) is 3.25. The summed E-state index contributed by atoms with van der Waals surface area (Å²) >= 11 is 1.11. The predicted molar refractivity (Wildman–Crippen MR) is 72.1 cm³/mol. The number of Topliss-reactive ketones (excluding diaryl/α,β-unsaturated/α-hetero) is 1. The number of hydrogen-bond acceptors (Lipinski definition) is 3. The number of carbonyl (C=O) groups excluding carboxylic acids is 2. The van der Waals surface area contributed by atoms with Gasteiger partial charge in [0, 0.05) is 11.2 Å². The van der Waals surface area contributed by atoms with E-state index in [9.17, 15) is 9.59 Å². The molecule has 0 aliphatic rings. The molecule has 0 saturated carbocycles. The SMILES string of the molecule is CC(C)(C)SC(=O)C(=O)CCc1ccccc1. The third-order valence-corrected chi connectivity index (χ3v) is 3.14. The normalized spacial score (nSPS) is 11.2. The van der Waals surface area contributed by atoms with Crippen molar-refractivity contribution in [2.45, 2.75) is 38.4 Å². The van der Waals surface area contributed by atoms with E-state index in [-0.39, 0.29) is 15.6 Å². The van der Waals surface area contributed by atoms with Gasteiger partial charge in [0.25, 0.3) is 5.12 Å². The Morgan fingerprint density at radius 3 is 2.24 bits per heavy atom. The molecule has 92 valence electrons. The van der Waals surface area contributed by atoms with Gasteiger partial charge in [-0.3, -0.25) is 9.59 Å². The van der Waals surface area contributed by atoms with Gasteiger partial charge in [-0.25, -0.2) is 0 Å². The largest absolute Gasteiger partial charge is 0.290 e. The van der Waals surface area contributed by atoms with E-state index in [1.54, 1.807) is 0 Å². The number of thioether (sulfide) groups is 1. The molecule has 0 radical (unpaired) electrons. The van der Waals surface area contributed by atoms with Crippen LogP contribution in [0.4, 0.5) is 0 Å². The van der Waals surface area contributed by atoms with E-state index in [4.69, 9.17) is 0 Å². The van der Waals surface area contributed by atoms with E-state index in [2.05, 4.69) is 0 Å². The zero-order valence-corrected chi connectivity index (χ0v) is 11.3. The smallest absolute Gasteiger partial charge is 0.255 e. The minimum absolute atomic E-state index is 0.195. The highest BCUT2D eigenvalue weighted by molar-refractivity contribution is 8.16. The molecule has 0 N–H and O–H groups in total. The second-order valence-electron chi connectivity index (χ2n) is 4.91. The Hall–Kier alpha value is -1.09. The van der Waals surface area contributed by atoms with Crippen LogP contribution in [0.1, 0.15) is 32.8 Å². The molecule has 1 aromatic carbocycles. The van der Waals surface area contributed by atoms with Crippen molar-refractivity contribution in [1.82, 2.24) is 0 Å². The molecule has 3 heteroatoms. The summed E-state index contributed by atoms with van der Waals surface area (Å²) in [4.78, 5) is 23.2. The zero-order valence-electron chi connectivity index (χ0n) is 10.5. The van der Waals surface area contributed by atoms with Crippen LogP contribution in [0.3, 0.4) is 0 Å². The number of hydrogen-bond donors (Lipinski definition) is 0. The molecule has 0 bridgehead atoms. The average molecular weight is 250 g/mol. The van der Waals surface area contributed by atoms with Gasteiger partial charge in [0.1, 0.15) is 0 Å². The fourth-order valence-corrected chi connectivity index (χ4v) is 2.11. The average Bonchev–Trinajstić information content (AvgIpc) is 2.25. The molecule has 0 amide bonds. The topological polar surface area (TPSA) is 34.1 Å². The van der Waals surface area contributed by atoms with Crippen molar-refractivity contribution in [2.24, 2.45) is 0 Å². The maximum absolute atomic E-state index is 11.6. The van der Waals surface area contributed by atoms with Gasteiger partial charge in [0.2, 0.25) is 5.78 Å². The van der Waals surface area contributed by atoms with Crippen LogP contribution in [-0.2, 0) is 16.0 Å². The molecule has 17 heavy (non-hydrogen) atoms. The van der Waals surface area contributed by atoms with Crippen LogP contribution in [0.2, 0.25) is 0 Å². The Morgan fingerprint density at radius 2 is 1.71 bits per heavy atom. The standard InChI is InChI=1S/C14H18O2S/c1-14(2,3)17-13(16)12(15)10-9-11-7-5-4-6-8-11/h4-8H,9-10H2,1-3H3. The molecule has 0 unspecified atom stereocenters. The molecule has 0 aromatic heterocycles. The summed E-state index contributed by atoms with van der Waals surface area (Å²) in [7, 11) is 0. The van der Waals surface area contributed by atoms with Crippen molar-refractivity contribution >= 4 is 22.7 Å². The third-order valence-electron chi connectivity index (χ3n) is 2.11. The van der Waals surface area contributed by atoms with E-state index in [0.29, 0.717) is 12.8 Å². The first-order valence-corrected chi connectivity index (χ1v) is 6.50. The monoisotopic (exact) mass is 250 g/mol. The summed E-state index contributed by atoms with van der Waals surface area (Å²) in [6, 6.07) is 9.74. The lowest BCUT2D eigenvalue weighted by atomic mass is 10.1. The molecule has 1 aromatic rings. The molecule has 1 rings (SSSR count). The maximum Gasteiger partial charge on any atom is 0.255 e. The van der Waals surface area contributed by atoms with Crippen LogP contribution in [0.5, 0.6) is 0 Å². The van der Waals surface area contributed by atoms with E-state index in [1.807, 2.05) is 51.1 Å². The minimum atomic E-state index is -0.326. The zero-order chi connectivity index (χ0) is 12.9. The lowest BCUT2D eigenvalue weighted by molar-refractivity contribution is -0.131. The molecule has 0 spiro atoms. The quantitative estimate of drug-likeness (QED) is 0.769. The second-order valence-corrected chi connectivity index (χ2v) is 6.71. The molecule has 0 saturated heterocycles. The van der Waals surface area contributed by atoms with Crippen LogP contribution in [0, 0.1) is 0 Å². The minimum Gasteiger partial charge on any atom is -0.290 e. The first-order chi connectivity index (χ1) is 7.88. The van der Waals surface area contributed by atoms with Gasteiger partial charge in [0.15, 0.2) is 0 Å². The van der Waals surface area contributed by atoms with Crippen LogP contribution in [0.25, 0.3) is 0 Å². The molecule has 0 heterocycles. The van der Waals surface area contributed by atoms with Crippen molar-refractivity contribution in [3.05, 3.63) is 35.9 Å². The van der Waals surface area contributed by atoms with E-state index in [1.165, 1.54) is 0 Å². The van der Waals surface area contributed by atoms with Crippen LogP contribution in [0.15, 0.2) is 30.3 Å². The van der Waals surface area contributed by atoms with Gasteiger partial charge in [-0.05, 0) is 12.0 Å². The van der Waals surface area contributed by atoms with Gasteiger partial charge in [-0.15, -0.1) is 0 Å². The van der Waals surface area contributed by atoms with E-state index in [0.717, 1.165) is 17.3 Å². The maximum atomic E-state index is 11.6. The summed E-state index contributed by atoms with van der Waals surface area (Å²) in [5, 5.41) is -0.326. The van der Waals surface area contributed by atoms with Gasteiger partial charge in [-0.1, -0.05) is 62.9 Å². The Balaban J connectivity index is 2.43. The van der Waals surface area contributed by atoms with Crippen LogP contribution in [-0.4, -0.2) is 15.6 Å². The summed E-state index contributed by atoms with van der Waals surface area (Å²) in [5.74, 6) is -0.284. The Kier molecular flexibility index (Phi) is 4.94. The summed E-state index contributed by atoms with van der Waals surface area (Å²) in [6.45, 7) is 5.79. The summed E-state index contributed by atoms with van der Waals surface area (Å²) < 4.78 is -0.195. The van der Waals surface area contributed by atoms with Crippen molar-refractivity contribution < 1.29 is 9.59 Å². The number of benzene rings is 1. The number of aryl methyl sites for hydroxylation is 1. The highest BCUT2D eigenvalue weighted by Gasteiger charge is 2.22. The Labute approximate surface area is 107 Å². The molecular weight excluding hydrogens is 232 g/mol. The van der Waals surface area contributed by atoms with Crippen molar-refractivity contribution in [1.29, 1.82) is 0 Å². The van der Waals surface area contributed by atoms with Crippen molar-refractivity contribution in [3.63, 3.8) is 0 Å². The Bertz CT molecular complexity index is 390. The highest BCUT2D eigenvalue weighted by Crippen LogP contribution is 2.24. The van der Waals surface area contributed by atoms with Crippen molar-refractivity contribution in [3.8, 4) is 0 Å². The summed E-state index contributed by atoms with van der Waals surface area (Å²) in [6.07, 6.45) is 0.933. The van der Waals surface area contributed by atoms with Gasteiger partial charge >= 0.3 is 0 Å². The van der Waals surface area contributed by atoms with E-state index >= 15 is 0 Å². The molecular formula is C14H18O2S. The number of ketones is 1. The number of rotatable bonds is 4. The van der Waals surface area contributed by atoms with Crippen molar-refractivity contribution in [2.75, 3.05) is 0 Å². The fraction of sp³-hybridized carbons (Fsp3) is 0.429. The second kappa shape index (κ2) is 6.01. The van der Waals surface area contributed by atoms with Crippen LogP contribution < -0.4 is 0 Å². The fourth-order valence-electron chi connectivity index (χ4n) is 1.34. The lowest BCUT2D eigenvalue weighted by Gasteiger charge is -2.15. The van der Waals surface area contributed by atoms with Gasteiger partial charge < -0.3 is 0 Å².